The Kier molecular flexibility index (Phi) is 4.87. The highest BCUT2D eigenvalue weighted by Gasteiger charge is 2.28. The molecule has 1 saturated heterocycles. The van der Waals surface area contributed by atoms with Gasteiger partial charge in [0.1, 0.15) is 5.69 Å². The first-order valence-corrected chi connectivity index (χ1v) is 9.41. The molecule has 0 unspecified atom stereocenters. The van der Waals surface area contributed by atoms with E-state index in [1.807, 2.05) is 30.3 Å². The van der Waals surface area contributed by atoms with Gasteiger partial charge in [-0.1, -0.05) is 41.4 Å². The van der Waals surface area contributed by atoms with Crippen LogP contribution in [0.1, 0.15) is 22.5 Å². The molecule has 0 radical (unpaired) electrons. The smallest absolute Gasteiger partial charge is 0.355 e. The van der Waals surface area contributed by atoms with Crippen molar-refractivity contribution in [1.29, 1.82) is 0 Å². The lowest BCUT2D eigenvalue weighted by molar-refractivity contribution is -0.114. The Morgan fingerprint density at radius 2 is 1.96 bits per heavy atom. The highest BCUT2D eigenvalue weighted by atomic mass is 35.5. The molecule has 0 saturated carbocycles. The summed E-state index contributed by atoms with van der Waals surface area (Å²) in [6, 6.07) is 12.8. The summed E-state index contributed by atoms with van der Waals surface area (Å²) < 4.78 is 4.89. The molecule has 1 aliphatic heterocycles. The molecule has 1 aromatic heterocycles. The topological polar surface area (TPSA) is 62.4 Å². The first-order chi connectivity index (χ1) is 13.5. The average molecular weight is 415 g/mol. The van der Waals surface area contributed by atoms with Gasteiger partial charge in [0.25, 0.3) is 5.91 Å². The summed E-state index contributed by atoms with van der Waals surface area (Å²) in [5, 5.41) is 1.47. The molecule has 7 heteroatoms. The number of amides is 1. The van der Waals surface area contributed by atoms with E-state index >= 15 is 0 Å². The van der Waals surface area contributed by atoms with Crippen molar-refractivity contribution in [2.24, 2.45) is 0 Å². The van der Waals surface area contributed by atoms with Crippen molar-refractivity contribution in [3.8, 4) is 0 Å². The lowest BCUT2D eigenvalue weighted by atomic mass is 10.1. The number of esters is 1. The summed E-state index contributed by atoms with van der Waals surface area (Å²) in [6.07, 6.45) is 2.28. The molecule has 3 aromatic rings. The van der Waals surface area contributed by atoms with Gasteiger partial charge in [0.2, 0.25) is 0 Å². The van der Waals surface area contributed by atoms with Crippen LogP contribution < -0.4 is 4.90 Å². The quantitative estimate of drug-likeness (QED) is 0.479. The maximum atomic E-state index is 12.9. The first-order valence-electron chi connectivity index (χ1n) is 8.66. The third kappa shape index (κ3) is 3.17. The maximum Gasteiger partial charge on any atom is 0.355 e. The van der Waals surface area contributed by atoms with E-state index in [4.69, 9.17) is 27.9 Å². The van der Waals surface area contributed by atoms with Crippen LogP contribution in [-0.4, -0.2) is 30.5 Å². The van der Waals surface area contributed by atoms with E-state index in [0.29, 0.717) is 45.1 Å². The van der Waals surface area contributed by atoms with Gasteiger partial charge in [0.05, 0.1) is 12.1 Å². The van der Waals surface area contributed by atoms with Crippen LogP contribution in [-0.2, 0) is 9.53 Å². The van der Waals surface area contributed by atoms with E-state index in [1.165, 1.54) is 7.11 Å². The number of halogens is 2. The van der Waals surface area contributed by atoms with Crippen LogP contribution in [0.5, 0.6) is 0 Å². The predicted molar refractivity (Wildman–Crippen MR) is 111 cm³/mol. The molecule has 0 aliphatic carbocycles. The number of anilines is 1. The minimum atomic E-state index is -0.541. The standard InChI is InChI=1S/C21H16Cl2N2O3/c1-28-21(27)19-15(18-16(23)10-13(22)11-17(18)24-19)9-12-7-8-25(20(12)26)14-5-3-2-4-6-14/h2-6,9-11,24H,7-8H2,1H3. The van der Waals surface area contributed by atoms with Crippen molar-refractivity contribution >= 4 is 57.7 Å². The second kappa shape index (κ2) is 7.34. The van der Waals surface area contributed by atoms with E-state index in [1.54, 1.807) is 23.1 Å². The number of benzene rings is 2. The normalized spacial score (nSPS) is 15.6. The molecule has 0 spiro atoms. The van der Waals surface area contributed by atoms with Crippen LogP contribution in [0.2, 0.25) is 10.0 Å². The summed E-state index contributed by atoms with van der Waals surface area (Å²) in [7, 11) is 1.30. The SMILES string of the molecule is COC(=O)c1[nH]c2cc(Cl)cc(Cl)c2c1C=C1CCN(c2ccccc2)C1=O. The van der Waals surface area contributed by atoms with E-state index in [2.05, 4.69) is 4.98 Å². The number of ether oxygens (including phenoxy) is 1. The van der Waals surface area contributed by atoms with Gasteiger partial charge >= 0.3 is 5.97 Å². The van der Waals surface area contributed by atoms with Gasteiger partial charge in [-0.3, -0.25) is 4.79 Å². The van der Waals surface area contributed by atoms with Crippen LogP contribution in [0, 0.1) is 0 Å². The zero-order valence-electron chi connectivity index (χ0n) is 15.0. The fourth-order valence-electron chi connectivity index (χ4n) is 3.46. The van der Waals surface area contributed by atoms with Crippen LogP contribution >= 0.6 is 23.2 Å². The van der Waals surface area contributed by atoms with Crippen molar-refractivity contribution < 1.29 is 14.3 Å². The minimum Gasteiger partial charge on any atom is -0.464 e. The van der Waals surface area contributed by atoms with Gasteiger partial charge in [-0.2, -0.15) is 0 Å². The third-order valence-corrected chi connectivity index (χ3v) is 5.27. The molecule has 0 bridgehead atoms. The Balaban J connectivity index is 1.83. The number of nitrogens with zero attached hydrogens (tertiary/aromatic N) is 1. The number of fused-ring (bicyclic) bond motifs is 1. The maximum absolute atomic E-state index is 12.9. The molecular formula is C21H16Cl2N2O3. The number of nitrogens with one attached hydrogen (secondary N) is 1. The number of carbonyl (C=O) groups is 2. The second-order valence-electron chi connectivity index (χ2n) is 6.43. The van der Waals surface area contributed by atoms with Crippen LogP contribution in [0.3, 0.4) is 0 Å². The Hall–Kier alpha value is -2.76. The number of aromatic amines is 1. The number of carbonyl (C=O) groups excluding carboxylic acids is 2. The highest BCUT2D eigenvalue weighted by molar-refractivity contribution is 6.39. The molecule has 0 atom stereocenters. The molecule has 5 nitrogen and oxygen atoms in total. The monoisotopic (exact) mass is 414 g/mol. The molecule has 1 fully saturated rings. The molecule has 2 heterocycles. The number of aromatic nitrogens is 1. The highest BCUT2D eigenvalue weighted by Crippen LogP contribution is 2.35. The van der Waals surface area contributed by atoms with E-state index < -0.39 is 5.97 Å². The Bertz CT molecular complexity index is 1120. The second-order valence-corrected chi connectivity index (χ2v) is 7.27. The fraction of sp³-hybridized carbons (Fsp3) is 0.143. The van der Waals surface area contributed by atoms with Crippen molar-refractivity contribution in [2.45, 2.75) is 6.42 Å². The van der Waals surface area contributed by atoms with Crippen LogP contribution in [0.15, 0.2) is 48.0 Å². The summed E-state index contributed by atoms with van der Waals surface area (Å²) in [5.74, 6) is -0.637. The van der Waals surface area contributed by atoms with E-state index in [-0.39, 0.29) is 11.6 Å². The van der Waals surface area contributed by atoms with Gasteiger partial charge < -0.3 is 14.6 Å². The van der Waals surface area contributed by atoms with Crippen LogP contribution in [0.25, 0.3) is 17.0 Å². The zero-order chi connectivity index (χ0) is 19.8. The van der Waals surface area contributed by atoms with Gasteiger partial charge in [-0.15, -0.1) is 0 Å². The number of para-hydroxylation sites is 1. The molecule has 1 N–H and O–H groups in total. The number of H-pyrrole nitrogens is 1. The Labute approximate surface area is 171 Å². The molecular weight excluding hydrogens is 399 g/mol. The first kappa shape index (κ1) is 18.6. The number of hydrogen-bond acceptors (Lipinski definition) is 3. The minimum absolute atomic E-state index is 0.0959. The van der Waals surface area contributed by atoms with Gasteiger partial charge in [-0.05, 0) is 36.8 Å². The molecule has 1 amide bonds. The van der Waals surface area contributed by atoms with Crippen molar-refractivity contribution in [2.75, 3.05) is 18.6 Å². The zero-order valence-corrected chi connectivity index (χ0v) is 16.5. The third-order valence-electron chi connectivity index (χ3n) is 4.75. The number of hydrogen-bond donors (Lipinski definition) is 1. The molecule has 4 rings (SSSR count). The summed E-state index contributed by atoms with van der Waals surface area (Å²) >= 11 is 12.5. The molecule has 142 valence electrons. The average Bonchev–Trinajstić information content (AvgIpc) is 3.23. The van der Waals surface area contributed by atoms with Crippen molar-refractivity contribution in [3.05, 3.63) is 69.3 Å². The summed E-state index contributed by atoms with van der Waals surface area (Å²) in [4.78, 5) is 30.0. The lowest BCUT2D eigenvalue weighted by Gasteiger charge is -2.14. The van der Waals surface area contributed by atoms with Crippen molar-refractivity contribution in [3.63, 3.8) is 0 Å². The van der Waals surface area contributed by atoms with E-state index in [9.17, 15) is 9.59 Å². The largest absolute Gasteiger partial charge is 0.464 e. The lowest BCUT2D eigenvalue weighted by Crippen LogP contribution is -2.24. The summed E-state index contributed by atoms with van der Waals surface area (Å²) in [5.41, 5.74) is 2.81. The number of rotatable bonds is 3. The molecule has 2 aromatic carbocycles. The van der Waals surface area contributed by atoms with Gasteiger partial charge in [0.15, 0.2) is 0 Å². The van der Waals surface area contributed by atoms with Gasteiger partial charge in [0, 0.05) is 39.3 Å². The predicted octanol–water partition coefficient (Wildman–Crippen LogP) is 5.08. The van der Waals surface area contributed by atoms with E-state index in [0.717, 1.165) is 5.69 Å². The fourth-order valence-corrected chi connectivity index (χ4v) is 4.05. The van der Waals surface area contributed by atoms with Gasteiger partial charge in [-0.25, -0.2) is 4.79 Å². The Morgan fingerprint density at radius 1 is 1.21 bits per heavy atom. The molecule has 28 heavy (non-hydrogen) atoms. The Morgan fingerprint density at radius 3 is 2.68 bits per heavy atom. The summed E-state index contributed by atoms with van der Waals surface area (Å²) in [6.45, 7) is 0.574. The van der Waals surface area contributed by atoms with Crippen LogP contribution in [0.4, 0.5) is 5.69 Å². The number of methoxy groups -OCH3 is 1. The molecule has 1 aliphatic rings. The van der Waals surface area contributed by atoms with Crippen molar-refractivity contribution in [1.82, 2.24) is 4.98 Å².